The van der Waals surface area contributed by atoms with Crippen LogP contribution in [-0.4, -0.2) is 101 Å². The van der Waals surface area contributed by atoms with Crippen LogP contribution < -0.4 is 25.2 Å². The van der Waals surface area contributed by atoms with Gasteiger partial charge >= 0.3 is 11.9 Å². The first-order valence-electron chi connectivity index (χ1n) is 23.2. The minimum absolute atomic E-state index is 0.0205. The number of piperidine rings is 5. The molecule has 3 amide bonds. The van der Waals surface area contributed by atoms with Crippen molar-refractivity contribution < 1.29 is 51.8 Å². The Bertz CT molecular complexity index is 3400. The molecule has 70 heavy (non-hydrogen) atoms. The first-order chi connectivity index (χ1) is 33.5. The summed E-state index contributed by atoms with van der Waals surface area (Å²) in [5.41, 5.74) is 4.91. The highest BCUT2D eigenvalue weighted by molar-refractivity contribution is 7.88. The highest BCUT2D eigenvalue weighted by atomic mass is 35.5. The molecule has 4 saturated heterocycles. The van der Waals surface area contributed by atoms with E-state index in [1.165, 1.54) is 0 Å². The summed E-state index contributed by atoms with van der Waals surface area (Å²) < 4.78 is 41.7. The van der Waals surface area contributed by atoms with Crippen LogP contribution in [0.2, 0.25) is 5.02 Å². The molecule has 0 radical (unpaired) electrons. The molecule has 7 aliphatic rings. The van der Waals surface area contributed by atoms with Gasteiger partial charge in [0.1, 0.15) is 16.6 Å². The van der Waals surface area contributed by atoms with E-state index < -0.39 is 40.5 Å². The molecule has 13 rings (SSSR count). The van der Waals surface area contributed by atoms with Crippen LogP contribution in [0.15, 0.2) is 77.2 Å². The highest BCUT2D eigenvalue weighted by Crippen LogP contribution is 2.73. The van der Waals surface area contributed by atoms with Crippen LogP contribution in [0.3, 0.4) is 0 Å². The van der Waals surface area contributed by atoms with Crippen molar-refractivity contribution in [1.29, 1.82) is 0 Å². The van der Waals surface area contributed by atoms with Gasteiger partial charge in [-0.2, -0.15) is 9.29 Å². The number of amides is 3. The topological polar surface area (TPSA) is 229 Å². The van der Waals surface area contributed by atoms with Crippen molar-refractivity contribution >= 4 is 102 Å². The van der Waals surface area contributed by atoms with E-state index in [-0.39, 0.29) is 74.9 Å². The van der Waals surface area contributed by atoms with E-state index in [4.69, 9.17) is 30.8 Å². The number of benzene rings is 4. The summed E-state index contributed by atoms with van der Waals surface area (Å²) in [6.45, 7) is 3.12. The van der Waals surface area contributed by atoms with E-state index in [1.54, 1.807) is 39.5 Å². The molecule has 4 N–H and O–H groups in total. The van der Waals surface area contributed by atoms with Gasteiger partial charge in [0.25, 0.3) is 11.9 Å². The second-order valence-electron chi connectivity index (χ2n) is 19.5. The fraction of sp³-hybridized carbons (Fsp3) is 0.360. The standard InChI is InChI=1S/C50H45ClN6O11S2/c1-49-20-28-22-56(37(49)21-50(28,49)54-29-5-2-4-27(19-29)43-41(51)42(67-23-39(59)60)44(69-43)47(63)64)70(65,66)24-25-8-12-36-33(18-25)52-48(68-36)55-16-14-26(15-17-55)30-9-10-34-40-31(30)6-3-7-32(40)46(62)57(34)35-11-13-38(58)53-45(35)61/h2-10,12,18-19,26,28,35,37,54H,11,13-17,20-24H2,1H3,(H,59,60)(H,63,64)(H,53,58,61)/t28?,35?,37-,49?,50?/m1/s1. The summed E-state index contributed by atoms with van der Waals surface area (Å²) >= 11 is 7.49. The monoisotopic (exact) mass is 1000 g/mol. The van der Waals surface area contributed by atoms with Gasteiger partial charge in [-0.05, 0) is 102 Å². The Morgan fingerprint density at radius 2 is 1.81 bits per heavy atom. The van der Waals surface area contributed by atoms with E-state index in [9.17, 15) is 37.5 Å². The summed E-state index contributed by atoms with van der Waals surface area (Å²) in [5.74, 6) is -3.67. The number of hydrogen-bond donors (Lipinski definition) is 4. The number of nitrogens with one attached hydrogen (secondary N) is 2. The lowest BCUT2D eigenvalue weighted by molar-refractivity contribution is -0.230. The van der Waals surface area contributed by atoms with Crippen LogP contribution in [0.1, 0.15) is 82.5 Å². The maximum Gasteiger partial charge on any atom is 0.349 e. The number of sulfonamides is 1. The zero-order valence-electron chi connectivity index (χ0n) is 37.6. The van der Waals surface area contributed by atoms with Crippen molar-refractivity contribution in [3.05, 3.63) is 99.4 Å². The number of nitrogens with zero attached hydrogens (tertiary/aromatic N) is 4. The molecule has 17 nitrogen and oxygen atoms in total. The zero-order chi connectivity index (χ0) is 48.6. The molecule has 0 spiro atoms. The summed E-state index contributed by atoms with van der Waals surface area (Å²) in [7, 11) is -3.73. The van der Waals surface area contributed by atoms with Crippen LogP contribution >= 0.6 is 22.9 Å². The Labute approximate surface area is 409 Å². The largest absolute Gasteiger partial charge is 0.479 e. The third-order valence-electron chi connectivity index (χ3n) is 15.9. The Hall–Kier alpha value is -6.54. The minimum Gasteiger partial charge on any atom is -0.479 e. The van der Waals surface area contributed by atoms with E-state index in [2.05, 4.69) is 28.5 Å². The predicted octanol–water partition coefficient (Wildman–Crippen LogP) is 7.47. The Morgan fingerprint density at radius 1 is 1.01 bits per heavy atom. The van der Waals surface area contributed by atoms with Gasteiger partial charge in [-0.3, -0.25) is 24.6 Å². The highest BCUT2D eigenvalue weighted by Gasteiger charge is 2.79. The Balaban J connectivity index is 0.704. The van der Waals surface area contributed by atoms with E-state index in [1.807, 2.05) is 36.4 Å². The van der Waals surface area contributed by atoms with Crippen LogP contribution in [-0.2, 0) is 30.2 Å². The maximum atomic E-state index is 14.3. The first-order valence-corrected chi connectivity index (χ1v) is 26.0. The number of carbonyl (C=O) groups excluding carboxylic acids is 3. The van der Waals surface area contributed by atoms with Crippen LogP contribution in [0.25, 0.3) is 32.3 Å². The lowest BCUT2D eigenvalue weighted by Crippen LogP contribution is -2.89. The molecule has 2 aliphatic carbocycles. The number of rotatable bonds is 13. The van der Waals surface area contributed by atoms with Crippen LogP contribution in [0, 0.1) is 11.3 Å². The number of fused-ring (bicyclic) bond motifs is 2. The maximum absolute atomic E-state index is 14.3. The quantitative estimate of drug-likeness (QED) is 0.0824. The fourth-order valence-corrected chi connectivity index (χ4v) is 15.8. The summed E-state index contributed by atoms with van der Waals surface area (Å²) in [6, 6.07) is 22.0. The van der Waals surface area contributed by atoms with Gasteiger partial charge in [0.05, 0.1) is 16.3 Å². The van der Waals surface area contributed by atoms with Crippen molar-refractivity contribution in [3.8, 4) is 16.2 Å². The van der Waals surface area contributed by atoms with Crippen molar-refractivity contribution in [2.45, 2.75) is 74.7 Å². The average Bonchev–Trinajstić information content (AvgIpc) is 4.00. The number of halogens is 1. The van der Waals surface area contributed by atoms with Crippen molar-refractivity contribution in [2.24, 2.45) is 11.3 Å². The number of imide groups is 1. The molecule has 5 atom stereocenters. The van der Waals surface area contributed by atoms with E-state index in [0.29, 0.717) is 70.4 Å². The number of carboxylic acids is 2. The van der Waals surface area contributed by atoms with E-state index in [0.717, 1.165) is 52.6 Å². The molecular formula is C50H45ClN6O11S2. The summed E-state index contributed by atoms with van der Waals surface area (Å²) in [5, 5.41) is 26.9. The second-order valence-corrected chi connectivity index (χ2v) is 22.9. The molecule has 6 fully saturated rings. The Kier molecular flexibility index (Phi) is 10.2. The van der Waals surface area contributed by atoms with Crippen LogP contribution in [0.5, 0.6) is 5.75 Å². The third kappa shape index (κ3) is 6.75. The molecule has 4 unspecified atom stereocenters. The molecule has 20 heteroatoms. The normalized spacial score (nSPS) is 25.2. The number of aromatic carboxylic acids is 1. The fourth-order valence-electron chi connectivity index (χ4n) is 12.5. The Morgan fingerprint density at radius 3 is 2.56 bits per heavy atom. The summed E-state index contributed by atoms with van der Waals surface area (Å²) in [4.78, 5) is 70.3. The number of oxazole rings is 1. The van der Waals surface area contributed by atoms with Gasteiger partial charge in [-0.15, -0.1) is 11.3 Å². The SMILES string of the molecule is CC12CC3CN(S(=O)(=O)Cc4ccc5oc(N6CCC(c7ccc8c9c(cccc79)C(=O)N8C7CCC(=O)NC7=O)CC6)nc5c4)[C@@H]1CC32Nc1cccc(-c2sc(C(=O)O)c(OCC(=O)O)c2Cl)c1. The number of thiophene rings is 1. The number of anilines is 3. The lowest BCUT2D eigenvalue weighted by atomic mass is 9.34. The predicted molar refractivity (Wildman–Crippen MR) is 260 cm³/mol. The van der Waals surface area contributed by atoms with Gasteiger partial charge in [0.15, 0.2) is 22.8 Å². The molecule has 5 aliphatic heterocycles. The number of carbonyl (C=O) groups is 5. The number of carboxylic acid groups (broad SMARTS) is 2. The molecule has 4 aromatic carbocycles. The molecular weight excluding hydrogens is 960 g/mol. The second kappa shape index (κ2) is 16.0. The number of aliphatic carboxylic acids is 1. The molecule has 2 aromatic heterocycles. The van der Waals surface area contributed by atoms with E-state index >= 15 is 0 Å². The molecule has 2 saturated carbocycles. The first kappa shape index (κ1) is 44.7. The summed E-state index contributed by atoms with van der Waals surface area (Å²) in [6.07, 6.45) is 3.56. The molecule has 360 valence electrons. The van der Waals surface area contributed by atoms with Crippen molar-refractivity contribution in [3.63, 3.8) is 0 Å². The molecule has 7 heterocycles. The van der Waals surface area contributed by atoms with Gasteiger partial charge in [0.2, 0.25) is 21.8 Å². The van der Waals surface area contributed by atoms with Gasteiger partial charge < -0.3 is 29.6 Å². The molecule has 4 bridgehead atoms. The number of aromatic nitrogens is 1. The number of hydrogen-bond acceptors (Lipinski definition) is 13. The van der Waals surface area contributed by atoms with Gasteiger partial charge in [-0.1, -0.05) is 54.9 Å². The third-order valence-corrected chi connectivity index (χ3v) is 19.4. The van der Waals surface area contributed by atoms with Gasteiger partial charge in [-0.25, -0.2) is 18.0 Å². The van der Waals surface area contributed by atoms with Gasteiger partial charge in [0, 0.05) is 59.7 Å². The number of ether oxygens (including phenoxy) is 1. The zero-order valence-corrected chi connectivity index (χ0v) is 40.0. The smallest absolute Gasteiger partial charge is 0.349 e. The van der Waals surface area contributed by atoms with Crippen molar-refractivity contribution in [2.75, 3.05) is 41.4 Å². The van der Waals surface area contributed by atoms with Crippen molar-refractivity contribution in [1.82, 2.24) is 14.6 Å². The lowest BCUT2D eigenvalue weighted by Gasteiger charge is -2.80. The average molecular weight is 1010 g/mol. The molecule has 6 aromatic rings. The van der Waals surface area contributed by atoms with Crippen LogP contribution in [0.4, 0.5) is 17.4 Å². The minimum atomic E-state index is -3.73.